The van der Waals surface area contributed by atoms with Gasteiger partial charge in [-0.25, -0.2) is 4.98 Å². The maximum Gasteiger partial charge on any atom is 0.217 e. The number of rotatable bonds is 7. The number of nitrogens with zero attached hydrogens (tertiary/aromatic N) is 2. The third-order valence-electron chi connectivity index (χ3n) is 3.29. The molecule has 2 aromatic heterocycles. The van der Waals surface area contributed by atoms with Crippen molar-refractivity contribution in [3.8, 4) is 5.88 Å². The van der Waals surface area contributed by atoms with Crippen LogP contribution in [0, 0.1) is 0 Å². The fourth-order valence-corrected chi connectivity index (χ4v) is 2.44. The van der Waals surface area contributed by atoms with Crippen LogP contribution in [0.4, 0.5) is 0 Å². The van der Waals surface area contributed by atoms with E-state index in [-0.39, 0.29) is 6.04 Å². The lowest BCUT2D eigenvalue weighted by molar-refractivity contribution is 0.381. The predicted molar refractivity (Wildman–Crippen MR) is 84.8 cm³/mol. The zero-order valence-electron chi connectivity index (χ0n) is 12.3. The number of hydrogen-bond acceptors (Lipinski definition) is 4. The first kappa shape index (κ1) is 15.7. The number of ether oxygens (including phenoxy) is 1. The van der Waals surface area contributed by atoms with E-state index in [4.69, 9.17) is 16.3 Å². The van der Waals surface area contributed by atoms with E-state index in [0.717, 1.165) is 30.5 Å². The van der Waals surface area contributed by atoms with Crippen LogP contribution in [0.2, 0.25) is 5.02 Å². The van der Waals surface area contributed by atoms with Gasteiger partial charge < -0.3 is 10.1 Å². The zero-order chi connectivity index (χ0) is 15.1. The van der Waals surface area contributed by atoms with Crippen molar-refractivity contribution in [2.24, 2.45) is 0 Å². The van der Waals surface area contributed by atoms with Crippen LogP contribution in [0.5, 0.6) is 5.88 Å². The molecular formula is C16H20ClN3O. The fraction of sp³-hybridized carbons (Fsp3) is 0.375. The number of halogens is 1. The second-order valence-corrected chi connectivity index (χ2v) is 5.19. The highest BCUT2D eigenvalue weighted by molar-refractivity contribution is 6.31. The van der Waals surface area contributed by atoms with Crippen LogP contribution in [-0.2, 0) is 6.42 Å². The van der Waals surface area contributed by atoms with Crippen molar-refractivity contribution in [2.75, 3.05) is 13.7 Å². The SMILES string of the molecule is CCCNC(Cc1ccncc1Cl)c1cccnc1OC. The molecule has 0 aliphatic rings. The minimum absolute atomic E-state index is 0.105. The van der Waals surface area contributed by atoms with Gasteiger partial charge in [-0.2, -0.15) is 0 Å². The van der Waals surface area contributed by atoms with Crippen LogP contribution in [0.15, 0.2) is 36.8 Å². The Hall–Kier alpha value is -1.65. The summed E-state index contributed by atoms with van der Waals surface area (Å²) in [6.45, 7) is 3.06. The topological polar surface area (TPSA) is 47.0 Å². The molecule has 0 fully saturated rings. The fourth-order valence-electron chi connectivity index (χ4n) is 2.24. The van der Waals surface area contributed by atoms with Gasteiger partial charge in [0.15, 0.2) is 0 Å². The van der Waals surface area contributed by atoms with Crippen molar-refractivity contribution in [2.45, 2.75) is 25.8 Å². The Labute approximate surface area is 130 Å². The molecule has 0 aliphatic heterocycles. The summed E-state index contributed by atoms with van der Waals surface area (Å²) >= 11 is 6.23. The van der Waals surface area contributed by atoms with Gasteiger partial charge in [-0.1, -0.05) is 24.6 Å². The largest absolute Gasteiger partial charge is 0.481 e. The number of hydrogen-bond donors (Lipinski definition) is 1. The average molecular weight is 306 g/mol. The number of nitrogens with one attached hydrogen (secondary N) is 1. The highest BCUT2D eigenvalue weighted by atomic mass is 35.5. The van der Waals surface area contributed by atoms with Gasteiger partial charge >= 0.3 is 0 Å². The van der Waals surface area contributed by atoms with Gasteiger partial charge in [-0.15, -0.1) is 0 Å². The molecule has 0 saturated carbocycles. The lowest BCUT2D eigenvalue weighted by atomic mass is 10.00. The molecule has 4 nitrogen and oxygen atoms in total. The van der Waals surface area contributed by atoms with E-state index in [1.807, 2.05) is 18.2 Å². The summed E-state index contributed by atoms with van der Waals surface area (Å²) in [5.74, 6) is 0.649. The number of pyridine rings is 2. The molecule has 1 atom stereocenters. The number of methoxy groups -OCH3 is 1. The summed E-state index contributed by atoms with van der Waals surface area (Å²) in [5, 5.41) is 4.22. The van der Waals surface area contributed by atoms with E-state index < -0.39 is 0 Å². The normalized spacial score (nSPS) is 12.1. The van der Waals surface area contributed by atoms with Crippen LogP contribution in [0.3, 0.4) is 0 Å². The van der Waals surface area contributed by atoms with Crippen LogP contribution in [-0.4, -0.2) is 23.6 Å². The Morgan fingerprint density at radius 1 is 1.33 bits per heavy atom. The van der Waals surface area contributed by atoms with Crippen molar-refractivity contribution in [3.63, 3.8) is 0 Å². The smallest absolute Gasteiger partial charge is 0.217 e. The molecule has 2 heterocycles. The van der Waals surface area contributed by atoms with Crippen LogP contribution in [0.1, 0.15) is 30.5 Å². The lowest BCUT2D eigenvalue weighted by Gasteiger charge is -2.21. The third kappa shape index (κ3) is 4.16. The molecule has 0 spiro atoms. The first-order valence-corrected chi connectivity index (χ1v) is 7.44. The monoisotopic (exact) mass is 305 g/mol. The molecule has 0 amide bonds. The van der Waals surface area contributed by atoms with Gasteiger partial charge in [-0.05, 0) is 37.1 Å². The molecule has 21 heavy (non-hydrogen) atoms. The average Bonchev–Trinajstić information content (AvgIpc) is 2.53. The molecule has 0 bridgehead atoms. The summed E-state index contributed by atoms with van der Waals surface area (Å²) in [6.07, 6.45) is 7.00. The molecular weight excluding hydrogens is 286 g/mol. The summed E-state index contributed by atoms with van der Waals surface area (Å²) in [7, 11) is 1.64. The van der Waals surface area contributed by atoms with Crippen LogP contribution < -0.4 is 10.1 Å². The molecule has 1 unspecified atom stereocenters. The highest BCUT2D eigenvalue weighted by Crippen LogP contribution is 2.27. The maximum atomic E-state index is 6.23. The Bertz CT molecular complexity index is 577. The molecule has 0 saturated heterocycles. The Morgan fingerprint density at radius 3 is 2.90 bits per heavy atom. The van der Waals surface area contributed by atoms with Crippen molar-refractivity contribution < 1.29 is 4.74 Å². The van der Waals surface area contributed by atoms with E-state index in [0.29, 0.717) is 10.9 Å². The van der Waals surface area contributed by atoms with E-state index >= 15 is 0 Å². The van der Waals surface area contributed by atoms with E-state index in [9.17, 15) is 0 Å². The third-order valence-corrected chi connectivity index (χ3v) is 3.63. The van der Waals surface area contributed by atoms with Crippen molar-refractivity contribution >= 4 is 11.6 Å². The van der Waals surface area contributed by atoms with Gasteiger partial charge in [0.25, 0.3) is 0 Å². The standard InChI is InChI=1S/C16H20ClN3O/c1-3-7-19-15(10-12-6-9-18-11-14(12)17)13-5-4-8-20-16(13)21-2/h4-6,8-9,11,15,19H,3,7,10H2,1-2H3. The van der Waals surface area contributed by atoms with Gasteiger partial charge in [0.1, 0.15) is 0 Å². The van der Waals surface area contributed by atoms with Crippen LogP contribution in [0.25, 0.3) is 0 Å². The molecule has 112 valence electrons. The van der Waals surface area contributed by atoms with E-state index in [1.165, 1.54) is 0 Å². The Balaban J connectivity index is 2.28. The van der Waals surface area contributed by atoms with Crippen molar-refractivity contribution in [3.05, 3.63) is 52.9 Å². The highest BCUT2D eigenvalue weighted by Gasteiger charge is 2.18. The summed E-state index contributed by atoms with van der Waals surface area (Å²) < 4.78 is 5.38. The van der Waals surface area contributed by atoms with Gasteiger partial charge in [0.2, 0.25) is 5.88 Å². The van der Waals surface area contributed by atoms with E-state index in [1.54, 1.807) is 25.7 Å². The van der Waals surface area contributed by atoms with Gasteiger partial charge in [0, 0.05) is 30.2 Å². The Kier molecular flexibility index (Phi) is 5.96. The first-order chi connectivity index (χ1) is 10.3. The van der Waals surface area contributed by atoms with Crippen molar-refractivity contribution in [1.82, 2.24) is 15.3 Å². The molecule has 0 radical (unpaired) electrons. The minimum Gasteiger partial charge on any atom is -0.481 e. The maximum absolute atomic E-state index is 6.23. The predicted octanol–water partition coefficient (Wildman–Crippen LogP) is 3.42. The zero-order valence-corrected chi connectivity index (χ0v) is 13.1. The summed E-state index contributed by atoms with van der Waals surface area (Å²) in [6, 6.07) is 6.01. The van der Waals surface area contributed by atoms with Gasteiger partial charge in [0.05, 0.1) is 12.1 Å². The quantitative estimate of drug-likeness (QED) is 0.851. The molecule has 0 aromatic carbocycles. The first-order valence-electron chi connectivity index (χ1n) is 7.07. The van der Waals surface area contributed by atoms with Crippen molar-refractivity contribution in [1.29, 1.82) is 0 Å². The molecule has 0 aliphatic carbocycles. The Morgan fingerprint density at radius 2 is 2.19 bits per heavy atom. The minimum atomic E-state index is 0.105. The van der Waals surface area contributed by atoms with E-state index in [2.05, 4.69) is 22.2 Å². The molecule has 2 rings (SSSR count). The second kappa shape index (κ2) is 7.96. The second-order valence-electron chi connectivity index (χ2n) is 4.78. The summed E-state index contributed by atoms with van der Waals surface area (Å²) in [4.78, 5) is 8.31. The lowest BCUT2D eigenvalue weighted by Crippen LogP contribution is -2.25. The molecule has 2 aromatic rings. The van der Waals surface area contributed by atoms with Crippen LogP contribution >= 0.6 is 11.6 Å². The molecule has 1 N–H and O–H groups in total. The summed E-state index contributed by atoms with van der Waals surface area (Å²) in [5.41, 5.74) is 2.10. The van der Waals surface area contributed by atoms with Gasteiger partial charge in [-0.3, -0.25) is 4.98 Å². The number of aromatic nitrogens is 2. The molecule has 5 heteroatoms.